The molecule has 27 heavy (non-hydrogen) atoms. The van der Waals surface area contributed by atoms with E-state index in [9.17, 15) is 22.8 Å². The molecule has 1 atom stereocenters. The number of aromatic nitrogens is 2. The summed E-state index contributed by atoms with van der Waals surface area (Å²) in [6.45, 7) is 1.83. The number of anilines is 1. The Morgan fingerprint density at radius 2 is 1.89 bits per heavy atom. The van der Waals surface area contributed by atoms with Gasteiger partial charge in [-0.3, -0.25) is 19.5 Å². The second-order valence-electron chi connectivity index (χ2n) is 6.25. The largest absolute Gasteiger partial charge is 0.497 e. The van der Waals surface area contributed by atoms with Crippen LogP contribution in [0.3, 0.4) is 0 Å². The van der Waals surface area contributed by atoms with Gasteiger partial charge in [0.25, 0.3) is 5.56 Å². The highest BCUT2D eigenvalue weighted by atomic mass is 19.4. The van der Waals surface area contributed by atoms with Gasteiger partial charge >= 0.3 is 6.18 Å². The van der Waals surface area contributed by atoms with Crippen molar-refractivity contribution in [2.24, 2.45) is 0 Å². The Morgan fingerprint density at radius 1 is 1.22 bits per heavy atom. The normalized spacial score (nSPS) is 16.2. The van der Waals surface area contributed by atoms with Crippen molar-refractivity contribution >= 4 is 11.9 Å². The average Bonchev–Trinajstić information content (AvgIpc) is 2.93. The van der Waals surface area contributed by atoms with E-state index >= 15 is 0 Å². The minimum Gasteiger partial charge on any atom is -0.497 e. The second kappa shape index (κ2) is 7.05. The molecular formula is C18H18F3N3O3. The molecular weight excluding hydrogens is 363 g/mol. The van der Waals surface area contributed by atoms with Crippen LogP contribution in [0, 0.1) is 0 Å². The molecule has 6 nitrogen and oxygen atoms in total. The summed E-state index contributed by atoms with van der Waals surface area (Å²) >= 11 is 0. The first-order chi connectivity index (χ1) is 12.8. The maximum absolute atomic E-state index is 13.5. The molecule has 3 rings (SSSR count). The van der Waals surface area contributed by atoms with Crippen LogP contribution in [0.5, 0.6) is 5.75 Å². The zero-order valence-electron chi connectivity index (χ0n) is 14.8. The molecule has 1 aliphatic rings. The Kier molecular flexibility index (Phi) is 4.95. The van der Waals surface area contributed by atoms with Gasteiger partial charge in [0.2, 0.25) is 11.9 Å². The van der Waals surface area contributed by atoms with E-state index in [1.54, 1.807) is 24.3 Å². The molecule has 0 bridgehead atoms. The van der Waals surface area contributed by atoms with Crippen LogP contribution in [0.2, 0.25) is 0 Å². The number of carbonyl (C=O) groups excluding carboxylic acids is 1. The fraction of sp³-hybridized carbons (Fsp3) is 0.389. The highest BCUT2D eigenvalue weighted by molar-refractivity contribution is 5.96. The molecule has 144 valence electrons. The summed E-state index contributed by atoms with van der Waals surface area (Å²) in [5, 5.41) is 2.29. The Hall–Kier alpha value is -2.84. The molecule has 0 saturated heterocycles. The van der Waals surface area contributed by atoms with Crippen LogP contribution in [-0.2, 0) is 17.4 Å². The van der Waals surface area contributed by atoms with Crippen molar-refractivity contribution in [2.45, 2.75) is 38.4 Å². The number of hydrogen-bond acceptors (Lipinski definition) is 4. The van der Waals surface area contributed by atoms with Crippen molar-refractivity contribution in [3.63, 3.8) is 0 Å². The molecule has 1 amide bonds. The SMILES string of the molecule is CCCC1C(=O)Nc2nc(C(F)(F)F)c(Cc3ccc(OC)cc3)c(=O)n21. The summed E-state index contributed by atoms with van der Waals surface area (Å²) in [7, 11) is 1.48. The third-order valence-electron chi connectivity index (χ3n) is 4.43. The number of nitrogens with one attached hydrogen (secondary N) is 1. The molecule has 1 aromatic carbocycles. The van der Waals surface area contributed by atoms with E-state index in [4.69, 9.17) is 4.74 Å². The van der Waals surface area contributed by atoms with Gasteiger partial charge in [0.05, 0.1) is 12.7 Å². The molecule has 0 aliphatic carbocycles. The lowest BCUT2D eigenvalue weighted by Gasteiger charge is -2.16. The van der Waals surface area contributed by atoms with Gasteiger partial charge in [0.15, 0.2) is 5.69 Å². The second-order valence-corrected chi connectivity index (χ2v) is 6.25. The van der Waals surface area contributed by atoms with Crippen molar-refractivity contribution in [3.8, 4) is 5.75 Å². The van der Waals surface area contributed by atoms with Gasteiger partial charge < -0.3 is 4.74 Å². The van der Waals surface area contributed by atoms with Crippen LogP contribution >= 0.6 is 0 Å². The third kappa shape index (κ3) is 3.54. The van der Waals surface area contributed by atoms with E-state index < -0.39 is 34.9 Å². The van der Waals surface area contributed by atoms with E-state index in [0.717, 1.165) is 4.57 Å². The topological polar surface area (TPSA) is 73.2 Å². The minimum absolute atomic E-state index is 0.252. The molecule has 1 N–H and O–H groups in total. The van der Waals surface area contributed by atoms with Gasteiger partial charge in [-0.15, -0.1) is 0 Å². The van der Waals surface area contributed by atoms with E-state index in [0.29, 0.717) is 24.2 Å². The molecule has 2 heterocycles. The Labute approximate surface area is 153 Å². The van der Waals surface area contributed by atoms with Gasteiger partial charge in [0.1, 0.15) is 11.8 Å². The quantitative estimate of drug-likeness (QED) is 0.864. The Morgan fingerprint density at radius 3 is 2.44 bits per heavy atom. The zero-order valence-corrected chi connectivity index (χ0v) is 14.8. The highest BCUT2D eigenvalue weighted by Crippen LogP contribution is 2.34. The zero-order chi connectivity index (χ0) is 19.8. The number of amides is 1. The predicted molar refractivity (Wildman–Crippen MR) is 91.9 cm³/mol. The van der Waals surface area contributed by atoms with Crippen molar-refractivity contribution in [1.82, 2.24) is 9.55 Å². The van der Waals surface area contributed by atoms with Crippen LogP contribution in [0.25, 0.3) is 0 Å². The molecule has 9 heteroatoms. The van der Waals surface area contributed by atoms with Crippen LogP contribution in [0.4, 0.5) is 19.1 Å². The van der Waals surface area contributed by atoms with Gasteiger partial charge in [0, 0.05) is 6.42 Å². The summed E-state index contributed by atoms with van der Waals surface area (Å²) in [6.07, 6.45) is -4.13. The maximum Gasteiger partial charge on any atom is 0.433 e. The van der Waals surface area contributed by atoms with E-state index in [1.165, 1.54) is 7.11 Å². The standard InChI is InChI=1S/C18H18F3N3O3/c1-3-4-13-15(25)23-17-22-14(18(19,20)21)12(16(26)24(13)17)9-10-5-7-11(27-2)8-6-10/h5-8,13H,3-4,9H2,1-2H3,(H,22,23,25). The van der Waals surface area contributed by atoms with E-state index in [-0.39, 0.29) is 12.4 Å². The first-order valence-corrected chi connectivity index (χ1v) is 8.42. The fourth-order valence-corrected chi connectivity index (χ4v) is 3.13. The van der Waals surface area contributed by atoms with Crippen LogP contribution in [0.15, 0.2) is 29.1 Å². The number of fused-ring (bicyclic) bond motifs is 1. The van der Waals surface area contributed by atoms with Crippen LogP contribution < -0.4 is 15.6 Å². The number of benzene rings is 1. The molecule has 0 saturated carbocycles. The van der Waals surface area contributed by atoms with Crippen LogP contribution in [-0.4, -0.2) is 22.6 Å². The van der Waals surface area contributed by atoms with Gasteiger partial charge in [-0.05, 0) is 24.1 Å². The lowest BCUT2D eigenvalue weighted by Crippen LogP contribution is -2.31. The Balaban J connectivity index is 2.13. The first kappa shape index (κ1) is 18.9. The number of halogens is 3. The van der Waals surface area contributed by atoms with Crippen LogP contribution in [0.1, 0.15) is 42.6 Å². The number of nitrogens with zero attached hydrogens (tertiary/aromatic N) is 2. The van der Waals surface area contributed by atoms with E-state index in [1.807, 2.05) is 6.92 Å². The number of hydrogen-bond donors (Lipinski definition) is 1. The number of ether oxygens (including phenoxy) is 1. The fourth-order valence-electron chi connectivity index (χ4n) is 3.13. The minimum atomic E-state index is -4.82. The number of methoxy groups -OCH3 is 1. The smallest absolute Gasteiger partial charge is 0.433 e. The summed E-state index contributed by atoms with van der Waals surface area (Å²) in [6, 6.07) is 5.53. The molecule has 0 spiro atoms. The molecule has 0 fully saturated rings. The lowest BCUT2D eigenvalue weighted by molar-refractivity contribution is -0.141. The summed E-state index contributed by atoms with van der Waals surface area (Å²) < 4.78 is 46.6. The lowest BCUT2D eigenvalue weighted by atomic mass is 10.0. The average molecular weight is 381 g/mol. The Bertz CT molecular complexity index is 920. The molecule has 1 unspecified atom stereocenters. The number of alkyl halides is 3. The summed E-state index contributed by atoms with van der Waals surface area (Å²) in [5.74, 6) is -0.318. The van der Waals surface area contributed by atoms with Gasteiger partial charge in [-0.25, -0.2) is 4.98 Å². The molecule has 0 radical (unpaired) electrons. The number of rotatable bonds is 5. The summed E-state index contributed by atoms with van der Waals surface area (Å²) in [4.78, 5) is 28.5. The number of carbonyl (C=O) groups is 1. The van der Waals surface area contributed by atoms with Crippen molar-refractivity contribution in [1.29, 1.82) is 0 Å². The molecule has 2 aromatic rings. The first-order valence-electron chi connectivity index (χ1n) is 8.42. The van der Waals surface area contributed by atoms with Crippen molar-refractivity contribution in [3.05, 3.63) is 51.4 Å². The highest BCUT2D eigenvalue weighted by Gasteiger charge is 2.41. The summed E-state index contributed by atoms with van der Waals surface area (Å²) in [5.41, 5.74) is -2.09. The van der Waals surface area contributed by atoms with Gasteiger partial charge in [-0.1, -0.05) is 25.5 Å². The van der Waals surface area contributed by atoms with Crippen molar-refractivity contribution < 1.29 is 22.7 Å². The van der Waals surface area contributed by atoms with Crippen molar-refractivity contribution in [2.75, 3.05) is 12.4 Å². The predicted octanol–water partition coefficient (Wildman–Crippen LogP) is 3.15. The van der Waals surface area contributed by atoms with Gasteiger partial charge in [-0.2, -0.15) is 13.2 Å². The van der Waals surface area contributed by atoms with E-state index in [2.05, 4.69) is 10.3 Å². The maximum atomic E-state index is 13.5. The molecule has 1 aromatic heterocycles. The third-order valence-corrected chi connectivity index (χ3v) is 4.43. The monoisotopic (exact) mass is 381 g/mol. The molecule has 1 aliphatic heterocycles.